The molecule has 0 aromatic rings. The number of aliphatic hydroxyl groups excluding tert-OH is 2. The SMILES string of the molecule is CO[C@@H]1[C@H](OC(=O)/C=C/[C@@H](O)[C@H](C)O)CC[C@]2(CO2)[C@H]1[C@@]1(C)O[C@@H]1CC=C(C)C. The Morgan fingerprint density at radius 2 is 2.03 bits per heavy atom. The number of epoxide rings is 2. The summed E-state index contributed by atoms with van der Waals surface area (Å²) in [5, 5.41) is 19.0. The van der Waals surface area contributed by atoms with Crippen LogP contribution in [0.15, 0.2) is 23.8 Å². The van der Waals surface area contributed by atoms with Crippen LogP contribution in [0.2, 0.25) is 0 Å². The van der Waals surface area contributed by atoms with Crippen LogP contribution in [0.3, 0.4) is 0 Å². The van der Waals surface area contributed by atoms with E-state index >= 15 is 0 Å². The predicted octanol–water partition coefficient (Wildman–Crippen LogP) is 1.90. The average Bonchev–Trinajstić information content (AvgIpc) is 3.57. The molecule has 2 saturated heterocycles. The van der Waals surface area contributed by atoms with Gasteiger partial charge in [0.05, 0.1) is 30.8 Å². The highest BCUT2D eigenvalue weighted by atomic mass is 16.6. The molecule has 2 heterocycles. The largest absolute Gasteiger partial charge is 0.456 e. The summed E-state index contributed by atoms with van der Waals surface area (Å²) in [6.45, 7) is 8.36. The Morgan fingerprint density at radius 1 is 1.34 bits per heavy atom. The van der Waals surface area contributed by atoms with Crippen LogP contribution in [-0.2, 0) is 23.7 Å². The van der Waals surface area contributed by atoms with Crippen molar-refractivity contribution in [3.8, 4) is 0 Å². The molecule has 0 radical (unpaired) electrons. The first-order valence-corrected chi connectivity index (χ1v) is 10.4. The number of esters is 1. The molecule has 1 spiro atoms. The van der Waals surface area contributed by atoms with Gasteiger partial charge in [-0.05, 0) is 53.0 Å². The van der Waals surface area contributed by atoms with Crippen LogP contribution in [0, 0.1) is 5.92 Å². The minimum Gasteiger partial charge on any atom is -0.456 e. The standard InChI is InChI=1S/C22H34O7/c1-13(2)6-8-17-21(4,29-17)20-19(26-5)16(10-11-22(20)12-27-22)28-18(25)9-7-15(24)14(3)23/h6-7,9,14-17,19-20,23-24H,8,10-12H2,1-5H3/b9-7+/t14-,15+,16+,17+,19+,20+,21-,22-/m0/s1. The van der Waals surface area contributed by atoms with Gasteiger partial charge in [-0.2, -0.15) is 0 Å². The lowest BCUT2D eigenvalue weighted by molar-refractivity contribution is -0.166. The smallest absolute Gasteiger partial charge is 0.330 e. The van der Waals surface area contributed by atoms with E-state index < -0.39 is 24.3 Å². The fraction of sp³-hybridized carbons (Fsp3) is 0.773. The molecule has 7 heteroatoms. The molecule has 3 rings (SSSR count). The summed E-state index contributed by atoms with van der Waals surface area (Å²) in [4.78, 5) is 12.3. The highest BCUT2D eigenvalue weighted by Gasteiger charge is 2.72. The zero-order valence-electron chi connectivity index (χ0n) is 18.0. The van der Waals surface area contributed by atoms with Gasteiger partial charge in [-0.3, -0.25) is 0 Å². The summed E-state index contributed by atoms with van der Waals surface area (Å²) >= 11 is 0. The summed E-state index contributed by atoms with van der Waals surface area (Å²) in [7, 11) is 1.63. The summed E-state index contributed by atoms with van der Waals surface area (Å²) in [5.74, 6) is -0.597. The van der Waals surface area contributed by atoms with E-state index in [-0.39, 0.29) is 29.3 Å². The topological polar surface area (TPSA) is 101 Å². The molecule has 8 atom stereocenters. The van der Waals surface area contributed by atoms with Crippen LogP contribution in [0.25, 0.3) is 0 Å². The predicted molar refractivity (Wildman–Crippen MR) is 106 cm³/mol. The zero-order chi connectivity index (χ0) is 21.4. The highest BCUT2D eigenvalue weighted by Crippen LogP contribution is 2.59. The van der Waals surface area contributed by atoms with Gasteiger partial charge in [-0.1, -0.05) is 11.6 Å². The average molecular weight is 411 g/mol. The van der Waals surface area contributed by atoms with E-state index in [9.17, 15) is 15.0 Å². The lowest BCUT2D eigenvalue weighted by Gasteiger charge is -2.42. The molecule has 0 aromatic carbocycles. The Kier molecular flexibility index (Phi) is 6.56. The fourth-order valence-electron chi connectivity index (χ4n) is 4.60. The summed E-state index contributed by atoms with van der Waals surface area (Å²) in [6, 6.07) is 0. The van der Waals surface area contributed by atoms with E-state index in [0.29, 0.717) is 13.0 Å². The molecule has 1 aliphatic carbocycles. The van der Waals surface area contributed by atoms with Crippen molar-refractivity contribution in [2.24, 2.45) is 5.92 Å². The number of allylic oxidation sites excluding steroid dienone is 1. The first-order chi connectivity index (χ1) is 13.6. The minimum absolute atomic E-state index is 0.0332. The molecule has 0 aromatic heterocycles. The fourth-order valence-corrected chi connectivity index (χ4v) is 4.60. The van der Waals surface area contributed by atoms with E-state index in [1.54, 1.807) is 7.11 Å². The zero-order valence-corrected chi connectivity index (χ0v) is 18.0. The van der Waals surface area contributed by atoms with Crippen molar-refractivity contribution in [2.45, 2.75) is 88.7 Å². The van der Waals surface area contributed by atoms with Crippen molar-refractivity contribution in [3.05, 3.63) is 23.8 Å². The van der Waals surface area contributed by atoms with Crippen LogP contribution in [0.1, 0.15) is 47.0 Å². The number of aliphatic hydroxyl groups is 2. The highest BCUT2D eigenvalue weighted by molar-refractivity contribution is 5.82. The molecule has 3 fully saturated rings. The first-order valence-electron chi connectivity index (χ1n) is 10.4. The van der Waals surface area contributed by atoms with E-state index in [2.05, 4.69) is 26.8 Å². The third-order valence-corrected chi connectivity index (χ3v) is 6.43. The van der Waals surface area contributed by atoms with Gasteiger partial charge in [0, 0.05) is 13.2 Å². The third kappa shape index (κ3) is 4.75. The summed E-state index contributed by atoms with van der Waals surface area (Å²) in [6.07, 6.45) is 4.09. The number of methoxy groups -OCH3 is 1. The molecule has 29 heavy (non-hydrogen) atoms. The molecule has 0 unspecified atom stereocenters. The first kappa shape index (κ1) is 22.4. The molecular formula is C22H34O7. The monoisotopic (exact) mass is 410 g/mol. The Hall–Kier alpha value is -1.25. The Morgan fingerprint density at radius 3 is 2.59 bits per heavy atom. The van der Waals surface area contributed by atoms with Crippen LogP contribution in [0.4, 0.5) is 0 Å². The Balaban J connectivity index is 1.70. The second-order valence-corrected chi connectivity index (χ2v) is 8.94. The second-order valence-electron chi connectivity index (χ2n) is 8.94. The van der Waals surface area contributed by atoms with Gasteiger partial charge in [-0.25, -0.2) is 4.79 Å². The van der Waals surface area contributed by atoms with Crippen molar-refractivity contribution < 1.29 is 34.0 Å². The molecule has 1 saturated carbocycles. The third-order valence-electron chi connectivity index (χ3n) is 6.43. The molecule has 7 nitrogen and oxygen atoms in total. The van der Waals surface area contributed by atoms with Gasteiger partial charge in [0.2, 0.25) is 0 Å². The summed E-state index contributed by atoms with van der Waals surface area (Å²) < 4.78 is 23.5. The van der Waals surface area contributed by atoms with Crippen LogP contribution in [-0.4, -0.2) is 71.6 Å². The van der Waals surface area contributed by atoms with Crippen molar-refractivity contribution >= 4 is 5.97 Å². The number of ether oxygens (including phenoxy) is 4. The number of carbonyl (C=O) groups is 1. The lowest BCUT2D eigenvalue weighted by Crippen LogP contribution is -2.55. The van der Waals surface area contributed by atoms with Crippen molar-refractivity contribution in [1.29, 1.82) is 0 Å². The molecule has 164 valence electrons. The molecular weight excluding hydrogens is 376 g/mol. The second kappa shape index (κ2) is 8.47. The van der Waals surface area contributed by atoms with Crippen LogP contribution < -0.4 is 0 Å². The molecule has 2 aliphatic heterocycles. The number of hydrogen-bond acceptors (Lipinski definition) is 7. The maximum absolute atomic E-state index is 12.3. The summed E-state index contributed by atoms with van der Waals surface area (Å²) in [5.41, 5.74) is 0.605. The van der Waals surface area contributed by atoms with E-state index in [4.69, 9.17) is 18.9 Å². The van der Waals surface area contributed by atoms with Crippen molar-refractivity contribution in [2.75, 3.05) is 13.7 Å². The maximum Gasteiger partial charge on any atom is 0.330 e. The Bertz CT molecular complexity index is 662. The van der Waals surface area contributed by atoms with E-state index in [1.807, 2.05) is 0 Å². The van der Waals surface area contributed by atoms with Crippen molar-refractivity contribution in [1.82, 2.24) is 0 Å². The van der Waals surface area contributed by atoms with Gasteiger partial charge in [0.1, 0.15) is 23.4 Å². The number of hydrogen-bond donors (Lipinski definition) is 2. The van der Waals surface area contributed by atoms with Gasteiger partial charge in [0.15, 0.2) is 0 Å². The van der Waals surface area contributed by atoms with Crippen molar-refractivity contribution in [3.63, 3.8) is 0 Å². The van der Waals surface area contributed by atoms with Crippen LogP contribution in [0.5, 0.6) is 0 Å². The minimum atomic E-state index is -1.11. The normalized spacial score (nSPS) is 40.5. The van der Waals surface area contributed by atoms with Gasteiger partial charge in [-0.15, -0.1) is 0 Å². The molecule has 0 amide bonds. The van der Waals surface area contributed by atoms with Gasteiger partial charge in [0.25, 0.3) is 0 Å². The Labute approximate surface area is 172 Å². The molecule has 2 N–H and O–H groups in total. The molecule has 3 aliphatic rings. The quantitative estimate of drug-likeness (QED) is 0.273. The number of rotatable bonds is 8. The molecule has 0 bridgehead atoms. The number of carbonyl (C=O) groups excluding carboxylic acids is 1. The lowest BCUT2D eigenvalue weighted by atomic mass is 9.68. The van der Waals surface area contributed by atoms with Gasteiger partial charge < -0.3 is 29.2 Å². The maximum atomic E-state index is 12.3. The van der Waals surface area contributed by atoms with Crippen LogP contribution >= 0.6 is 0 Å². The van der Waals surface area contributed by atoms with E-state index in [0.717, 1.165) is 18.9 Å². The van der Waals surface area contributed by atoms with Gasteiger partial charge >= 0.3 is 5.97 Å². The van der Waals surface area contributed by atoms with E-state index in [1.165, 1.54) is 18.6 Å².